The van der Waals surface area contributed by atoms with E-state index in [0.29, 0.717) is 16.6 Å². The van der Waals surface area contributed by atoms with Crippen LogP contribution in [0.2, 0.25) is 16.6 Å². The van der Waals surface area contributed by atoms with Crippen molar-refractivity contribution in [2.24, 2.45) is 0 Å². The molecule has 0 spiro atoms. The van der Waals surface area contributed by atoms with Crippen molar-refractivity contribution in [3.63, 3.8) is 0 Å². The molecule has 0 saturated heterocycles. The van der Waals surface area contributed by atoms with Gasteiger partial charge in [-0.05, 0) is 52.9 Å². The molecule has 0 heterocycles. The Morgan fingerprint density at radius 1 is 0.821 bits per heavy atom. The lowest BCUT2D eigenvalue weighted by Gasteiger charge is -2.42. The first kappa shape index (κ1) is 22.4. The van der Waals surface area contributed by atoms with E-state index in [1.807, 2.05) is 54.6 Å². The molecule has 0 aliphatic rings. The third-order valence-electron chi connectivity index (χ3n) is 6.07. The second kappa shape index (κ2) is 9.55. The molecule has 0 radical (unpaired) electrons. The van der Waals surface area contributed by atoms with E-state index in [0.717, 1.165) is 23.3 Å². The molecule has 1 atom stereocenters. The molecule has 2 nitrogen and oxygen atoms in total. The molecule has 0 aromatic heterocycles. The average Bonchev–Trinajstić information content (AvgIpc) is 2.67. The van der Waals surface area contributed by atoms with Gasteiger partial charge >= 0.3 is 0 Å². The highest BCUT2D eigenvalue weighted by Gasteiger charge is 2.46. The molecule has 152 valence electrons. The van der Waals surface area contributed by atoms with Gasteiger partial charge in [0, 0.05) is 11.5 Å². The number of hydrogen-bond acceptors (Lipinski definition) is 2. The number of benzene rings is 2. The Morgan fingerprint density at radius 2 is 1.32 bits per heavy atom. The summed E-state index contributed by atoms with van der Waals surface area (Å²) in [5.41, 5.74) is 3.42. The minimum Gasteiger partial charge on any atom is -0.543 e. The SMILES string of the molecule is CCC(C(=O)c1ccc(O[Si](C(C)C)(C(C)C)C(C)C)cc1)c1ccccc1. The molecule has 0 amide bonds. The van der Waals surface area contributed by atoms with Gasteiger partial charge in [-0.25, -0.2) is 0 Å². The molecule has 0 N–H and O–H groups in total. The zero-order valence-electron chi connectivity index (χ0n) is 18.5. The molecule has 0 fully saturated rings. The Labute approximate surface area is 172 Å². The molecule has 0 bridgehead atoms. The largest absolute Gasteiger partial charge is 0.543 e. The highest BCUT2D eigenvalue weighted by molar-refractivity contribution is 6.78. The first-order valence-electron chi connectivity index (χ1n) is 10.6. The number of hydrogen-bond donors (Lipinski definition) is 0. The molecule has 2 aromatic rings. The van der Waals surface area contributed by atoms with E-state index < -0.39 is 8.32 Å². The second-order valence-electron chi connectivity index (χ2n) is 8.68. The van der Waals surface area contributed by atoms with E-state index in [1.165, 1.54) is 0 Å². The van der Waals surface area contributed by atoms with Crippen LogP contribution >= 0.6 is 0 Å². The molecule has 2 aromatic carbocycles. The van der Waals surface area contributed by atoms with Crippen molar-refractivity contribution < 1.29 is 9.22 Å². The highest BCUT2D eigenvalue weighted by atomic mass is 28.4. The van der Waals surface area contributed by atoms with Gasteiger partial charge in [-0.2, -0.15) is 0 Å². The van der Waals surface area contributed by atoms with Crippen LogP contribution in [0.25, 0.3) is 0 Å². The summed E-state index contributed by atoms with van der Waals surface area (Å²) in [6, 6.07) is 17.9. The smallest absolute Gasteiger partial charge is 0.258 e. The zero-order valence-corrected chi connectivity index (χ0v) is 19.5. The summed E-state index contributed by atoms with van der Waals surface area (Å²) in [7, 11) is -1.98. The van der Waals surface area contributed by atoms with Gasteiger partial charge in [-0.1, -0.05) is 78.8 Å². The summed E-state index contributed by atoms with van der Waals surface area (Å²) in [6.45, 7) is 15.8. The minimum absolute atomic E-state index is 0.0940. The Kier molecular flexibility index (Phi) is 7.65. The van der Waals surface area contributed by atoms with Gasteiger partial charge in [-0.15, -0.1) is 0 Å². The lowest BCUT2D eigenvalue weighted by atomic mass is 9.89. The summed E-state index contributed by atoms with van der Waals surface area (Å²) in [5.74, 6) is 0.982. The molecule has 0 saturated carbocycles. The van der Waals surface area contributed by atoms with Crippen LogP contribution in [0.4, 0.5) is 0 Å². The predicted molar refractivity (Wildman–Crippen MR) is 122 cm³/mol. The number of carbonyl (C=O) groups is 1. The minimum atomic E-state index is -1.98. The van der Waals surface area contributed by atoms with Crippen molar-refractivity contribution in [2.45, 2.75) is 77.4 Å². The predicted octanol–water partition coefficient (Wildman–Crippen LogP) is 7.62. The Balaban J connectivity index is 2.26. The van der Waals surface area contributed by atoms with Gasteiger partial charge in [0.15, 0.2) is 5.78 Å². The standard InChI is InChI=1S/C25H36O2Si/c1-8-24(21-12-10-9-11-13-21)25(26)22-14-16-23(17-15-22)27-28(18(2)3,19(4)5)20(6)7/h9-20,24H,8H2,1-7H3. The van der Waals surface area contributed by atoms with E-state index >= 15 is 0 Å². The number of Topliss-reactive ketones (excluding diaryl/α,β-unsaturated/α-hetero) is 1. The molecular formula is C25H36O2Si. The lowest BCUT2D eigenvalue weighted by molar-refractivity contribution is 0.0957. The highest BCUT2D eigenvalue weighted by Crippen LogP contribution is 2.42. The monoisotopic (exact) mass is 396 g/mol. The Morgan fingerprint density at radius 3 is 1.75 bits per heavy atom. The molecule has 1 unspecified atom stereocenters. The van der Waals surface area contributed by atoms with Gasteiger partial charge < -0.3 is 4.43 Å². The quantitative estimate of drug-likeness (QED) is 0.322. The average molecular weight is 397 g/mol. The van der Waals surface area contributed by atoms with E-state index in [1.54, 1.807) is 0 Å². The van der Waals surface area contributed by atoms with Crippen LogP contribution < -0.4 is 4.43 Å². The maximum Gasteiger partial charge on any atom is 0.258 e. The van der Waals surface area contributed by atoms with Gasteiger partial charge in [0.25, 0.3) is 8.32 Å². The third-order valence-corrected chi connectivity index (χ3v) is 12.1. The number of carbonyl (C=O) groups excluding carboxylic acids is 1. The van der Waals surface area contributed by atoms with E-state index in [4.69, 9.17) is 4.43 Å². The van der Waals surface area contributed by atoms with Gasteiger partial charge in [-0.3, -0.25) is 4.79 Å². The van der Waals surface area contributed by atoms with Crippen molar-refractivity contribution in [1.82, 2.24) is 0 Å². The normalized spacial score (nSPS) is 13.2. The summed E-state index contributed by atoms with van der Waals surface area (Å²) in [5, 5.41) is 0. The van der Waals surface area contributed by atoms with Crippen molar-refractivity contribution in [3.8, 4) is 5.75 Å². The van der Waals surface area contributed by atoms with Crippen LogP contribution in [0.5, 0.6) is 5.75 Å². The second-order valence-corrected chi connectivity index (χ2v) is 14.1. The van der Waals surface area contributed by atoms with Gasteiger partial charge in [0.2, 0.25) is 0 Å². The first-order valence-corrected chi connectivity index (χ1v) is 12.8. The van der Waals surface area contributed by atoms with Gasteiger partial charge in [0.05, 0.1) is 0 Å². The van der Waals surface area contributed by atoms with Crippen LogP contribution in [0, 0.1) is 0 Å². The fourth-order valence-corrected chi connectivity index (χ4v) is 9.96. The summed E-state index contributed by atoms with van der Waals surface area (Å²) in [4.78, 5) is 13.1. The molecule has 0 aliphatic heterocycles. The summed E-state index contributed by atoms with van der Waals surface area (Å²) < 4.78 is 6.72. The van der Waals surface area contributed by atoms with Crippen LogP contribution in [0.15, 0.2) is 54.6 Å². The lowest BCUT2D eigenvalue weighted by Crippen LogP contribution is -2.50. The fourth-order valence-electron chi connectivity index (χ4n) is 4.70. The molecular weight excluding hydrogens is 360 g/mol. The van der Waals surface area contributed by atoms with Crippen LogP contribution in [-0.4, -0.2) is 14.1 Å². The van der Waals surface area contributed by atoms with E-state index in [2.05, 4.69) is 48.5 Å². The van der Waals surface area contributed by atoms with Crippen molar-refractivity contribution >= 4 is 14.1 Å². The third kappa shape index (κ3) is 4.57. The van der Waals surface area contributed by atoms with Crippen LogP contribution in [-0.2, 0) is 0 Å². The summed E-state index contributed by atoms with van der Waals surface area (Å²) >= 11 is 0. The van der Waals surface area contributed by atoms with Crippen LogP contribution in [0.1, 0.15) is 76.7 Å². The van der Waals surface area contributed by atoms with E-state index in [9.17, 15) is 4.79 Å². The van der Waals surface area contributed by atoms with Crippen molar-refractivity contribution in [2.75, 3.05) is 0 Å². The molecule has 3 heteroatoms. The summed E-state index contributed by atoms with van der Waals surface area (Å²) in [6.07, 6.45) is 0.797. The zero-order chi connectivity index (χ0) is 20.9. The maximum atomic E-state index is 13.1. The Hall–Kier alpha value is -1.87. The maximum absolute atomic E-state index is 13.1. The van der Waals surface area contributed by atoms with Gasteiger partial charge in [0.1, 0.15) is 5.75 Å². The fraction of sp³-hybridized carbons (Fsp3) is 0.480. The number of rotatable bonds is 9. The topological polar surface area (TPSA) is 26.3 Å². The van der Waals surface area contributed by atoms with Crippen molar-refractivity contribution in [3.05, 3.63) is 65.7 Å². The molecule has 0 aliphatic carbocycles. The Bertz CT molecular complexity index is 726. The molecule has 2 rings (SSSR count). The first-order chi connectivity index (χ1) is 13.2. The molecule has 28 heavy (non-hydrogen) atoms. The van der Waals surface area contributed by atoms with E-state index in [-0.39, 0.29) is 11.7 Å². The number of ketones is 1. The van der Waals surface area contributed by atoms with Crippen LogP contribution in [0.3, 0.4) is 0 Å². The van der Waals surface area contributed by atoms with Crippen molar-refractivity contribution in [1.29, 1.82) is 0 Å².